The van der Waals surface area contributed by atoms with Crippen molar-refractivity contribution in [3.63, 3.8) is 0 Å². The van der Waals surface area contributed by atoms with Crippen molar-refractivity contribution in [3.05, 3.63) is 47.9 Å². The van der Waals surface area contributed by atoms with E-state index >= 15 is 0 Å². The van der Waals surface area contributed by atoms with Crippen LogP contribution in [0.2, 0.25) is 0 Å². The smallest absolute Gasteiger partial charge is 0.319 e. The molecule has 1 heterocycles. The van der Waals surface area contributed by atoms with Gasteiger partial charge < -0.3 is 25.1 Å². The normalized spacial score (nSPS) is 10.2. The van der Waals surface area contributed by atoms with Gasteiger partial charge in [-0.2, -0.15) is 0 Å². The van der Waals surface area contributed by atoms with Crippen molar-refractivity contribution in [2.45, 2.75) is 20.3 Å². The molecule has 1 aromatic carbocycles. The third-order valence-corrected chi connectivity index (χ3v) is 3.29. The predicted molar refractivity (Wildman–Crippen MR) is 95.0 cm³/mol. The lowest BCUT2D eigenvalue weighted by Gasteiger charge is -2.13. The summed E-state index contributed by atoms with van der Waals surface area (Å²) in [6.45, 7) is 5.14. The number of nitrogens with one attached hydrogen (secondary N) is 3. The van der Waals surface area contributed by atoms with E-state index in [2.05, 4.69) is 16.0 Å². The highest BCUT2D eigenvalue weighted by molar-refractivity contribution is 5.92. The van der Waals surface area contributed by atoms with Crippen LogP contribution in [0.5, 0.6) is 5.75 Å². The van der Waals surface area contributed by atoms with Crippen LogP contribution in [0, 0.1) is 6.92 Å². The van der Waals surface area contributed by atoms with Crippen LogP contribution in [0.15, 0.2) is 41.0 Å². The molecular weight excluding hydrogens is 322 g/mol. The van der Waals surface area contributed by atoms with E-state index in [4.69, 9.17) is 9.15 Å². The molecule has 0 fully saturated rings. The Kier molecular flexibility index (Phi) is 6.88. The van der Waals surface area contributed by atoms with Crippen LogP contribution < -0.4 is 20.7 Å². The minimum Gasteiger partial charge on any atom is -0.491 e. The van der Waals surface area contributed by atoms with Crippen molar-refractivity contribution in [1.82, 2.24) is 10.6 Å². The lowest BCUT2D eigenvalue weighted by molar-refractivity contribution is 0.0926. The van der Waals surface area contributed by atoms with Crippen LogP contribution in [0.1, 0.15) is 29.5 Å². The highest BCUT2D eigenvalue weighted by atomic mass is 16.5. The Balaban J connectivity index is 1.77. The maximum Gasteiger partial charge on any atom is 0.319 e. The molecule has 0 radical (unpaired) electrons. The van der Waals surface area contributed by atoms with Gasteiger partial charge in [-0.15, -0.1) is 0 Å². The number of hydrogen-bond donors (Lipinski definition) is 3. The van der Waals surface area contributed by atoms with Gasteiger partial charge in [-0.1, -0.05) is 13.0 Å². The van der Waals surface area contributed by atoms with Crippen LogP contribution in [-0.4, -0.2) is 31.6 Å². The number of hydrogen-bond acceptors (Lipinski definition) is 4. The average molecular weight is 345 g/mol. The van der Waals surface area contributed by atoms with Crippen LogP contribution in [0.4, 0.5) is 10.5 Å². The zero-order valence-corrected chi connectivity index (χ0v) is 14.4. The van der Waals surface area contributed by atoms with Crippen LogP contribution in [0.3, 0.4) is 0 Å². The van der Waals surface area contributed by atoms with Crippen molar-refractivity contribution in [3.8, 4) is 5.75 Å². The monoisotopic (exact) mass is 345 g/mol. The zero-order valence-electron chi connectivity index (χ0n) is 14.4. The Morgan fingerprint density at radius 2 is 1.96 bits per heavy atom. The quantitative estimate of drug-likeness (QED) is 0.641. The molecule has 3 amide bonds. The van der Waals surface area contributed by atoms with Gasteiger partial charge in [0, 0.05) is 13.1 Å². The van der Waals surface area contributed by atoms with E-state index in [1.807, 2.05) is 26.0 Å². The Morgan fingerprint density at radius 1 is 1.16 bits per heavy atom. The summed E-state index contributed by atoms with van der Waals surface area (Å²) in [5.74, 6) is 0.561. The molecule has 25 heavy (non-hydrogen) atoms. The number of urea groups is 1. The molecule has 0 aliphatic heterocycles. The summed E-state index contributed by atoms with van der Waals surface area (Å²) in [6.07, 6.45) is 2.31. The van der Waals surface area contributed by atoms with E-state index in [9.17, 15) is 9.59 Å². The molecule has 2 rings (SSSR count). The molecule has 0 bridgehead atoms. The lowest BCUT2D eigenvalue weighted by Crippen LogP contribution is -2.36. The molecule has 3 N–H and O–H groups in total. The van der Waals surface area contributed by atoms with E-state index in [0.717, 1.165) is 12.0 Å². The fourth-order valence-corrected chi connectivity index (χ4v) is 2.08. The van der Waals surface area contributed by atoms with Crippen molar-refractivity contribution in [2.75, 3.05) is 25.0 Å². The van der Waals surface area contributed by atoms with Crippen molar-refractivity contribution in [1.29, 1.82) is 0 Å². The summed E-state index contributed by atoms with van der Waals surface area (Å²) in [4.78, 5) is 23.7. The van der Waals surface area contributed by atoms with E-state index in [1.165, 1.54) is 6.26 Å². The minimum atomic E-state index is -0.363. The van der Waals surface area contributed by atoms with E-state index in [1.54, 1.807) is 18.2 Å². The summed E-state index contributed by atoms with van der Waals surface area (Å²) in [5, 5.41) is 8.09. The molecule has 7 nitrogen and oxygen atoms in total. The first-order valence-corrected chi connectivity index (χ1v) is 8.20. The summed E-state index contributed by atoms with van der Waals surface area (Å²) in [6, 6.07) is 8.44. The molecule has 0 unspecified atom stereocenters. The number of ether oxygens (including phenoxy) is 1. The second-order valence-electron chi connectivity index (χ2n) is 5.46. The van der Waals surface area contributed by atoms with Crippen molar-refractivity contribution in [2.24, 2.45) is 0 Å². The molecule has 2 aromatic rings. The van der Waals surface area contributed by atoms with Gasteiger partial charge in [-0.25, -0.2) is 4.79 Å². The lowest BCUT2D eigenvalue weighted by atomic mass is 10.2. The maximum absolute atomic E-state index is 12.0. The second kappa shape index (κ2) is 9.36. The summed E-state index contributed by atoms with van der Waals surface area (Å²) >= 11 is 0. The molecule has 0 aliphatic carbocycles. The molecule has 0 aliphatic rings. The topological polar surface area (TPSA) is 92.6 Å². The number of carbonyl (C=O) groups excluding carboxylic acids is 2. The first-order valence-electron chi connectivity index (χ1n) is 8.20. The highest BCUT2D eigenvalue weighted by Crippen LogP contribution is 2.25. The van der Waals surface area contributed by atoms with Crippen LogP contribution in [-0.2, 0) is 0 Å². The number of carbonyl (C=O) groups is 2. The standard InChI is InChI=1S/C18H23N3O4/c1-3-10-24-16-12-13(2)6-7-14(16)21-18(23)20-9-8-19-17(22)15-5-4-11-25-15/h4-7,11-12H,3,8-10H2,1-2H3,(H,19,22)(H2,20,21,23). The molecule has 0 saturated heterocycles. The van der Waals surface area contributed by atoms with Gasteiger partial charge in [-0.05, 0) is 43.2 Å². The number of benzene rings is 1. The van der Waals surface area contributed by atoms with Crippen molar-refractivity contribution >= 4 is 17.6 Å². The number of furan rings is 1. The maximum atomic E-state index is 12.0. The Hall–Kier alpha value is -2.96. The Labute approximate surface area is 146 Å². The Morgan fingerprint density at radius 3 is 2.68 bits per heavy atom. The summed E-state index contributed by atoms with van der Waals surface area (Å²) in [5.41, 5.74) is 1.66. The molecule has 0 saturated carbocycles. The molecule has 1 aromatic heterocycles. The number of aryl methyl sites for hydroxylation is 1. The molecular formula is C18H23N3O4. The van der Waals surface area contributed by atoms with Gasteiger partial charge in [0.25, 0.3) is 5.91 Å². The highest BCUT2D eigenvalue weighted by Gasteiger charge is 2.09. The fraction of sp³-hybridized carbons (Fsp3) is 0.333. The first-order chi connectivity index (χ1) is 12.1. The molecule has 7 heteroatoms. The Bertz CT molecular complexity index is 698. The number of amides is 3. The van der Waals surface area contributed by atoms with E-state index in [0.29, 0.717) is 24.6 Å². The third-order valence-electron chi connectivity index (χ3n) is 3.29. The fourth-order valence-electron chi connectivity index (χ4n) is 2.08. The third kappa shape index (κ3) is 5.87. The average Bonchev–Trinajstić information content (AvgIpc) is 3.13. The molecule has 0 atom stereocenters. The molecule has 0 spiro atoms. The first kappa shape index (κ1) is 18.4. The van der Waals surface area contributed by atoms with E-state index in [-0.39, 0.29) is 24.2 Å². The summed E-state index contributed by atoms with van der Waals surface area (Å²) in [7, 11) is 0. The van der Waals surface area contributed by atoms with Gasteiger partial charge in [0.05, 0.1) is 18.6 Å². The van der Waals surface area contributed by atoms with Gasteiger partial charge in [0.1, 0.15) is 5.75 Å². The molecule has 134 valence electrons. The second-order valence-corrected chi connectivity index (χ2v) is 5.46. The van der Waals surface area contributed by atoms with Gasteiger partial charge in [0.15, 0.2) is 5.76 Å². The zero-order chi connectivity index (χ0) is 18.1. The van der Waals surface area contributed by atoms with Gasteiger partial charge in [0.2, 0.25) is 0 Å². The SMILES string of the molecule is CCCOc1cc(C)ccc1NC(=O)NCCNC(=O)c1ccco1. The summed E-state index contributed by atoms with van der Waals surface area (Å²) < 4.78 is 10.6. The van der Waals surface area contributed by atoms with Crippen LogP contribution >= 0.6 is 0 Å². The van der Waals surface area contributed by atoms with E-state index < -0.39 is 0 Å². The minimum absolute atomic E-state index is 0.238. The predicted octanol–water partition coefficient (Wildman–Crippen LogP) is 2.93. The van der Waals surface area contributed by atoms with Crippen LogP contribution in [0.25, 0.3) is 0 Å². The number of rotatable bonds is 8. The van der Waals surface area contributed by atoms with Crippen molar-refractivity contribution < 1.29 is 18.7 Å². The van der Waals surface area contributed by atoms with Gasteiger partial charge >= 0.3 is 6.03 Å². The largest absolute Gasteiger partial charge is 0.491 e. The number of anilines is 1. The van der Waals surface area contributed by atoms with Gasteiger partial charge in [-0.3, -0.25) is 4.79 Å².